The van der Waals surface area contributed by atoms with Crippen LogP contribution in [-0.2, 0) is 0 Å². The fourth-order valence-corrected chi connectivity index (χ4v) is 2.98. The average Bonchev–Trinajstić information content (AvgIpc) is 2.55. The molecule has 3 rings (SSSR count). The first-order valence-electron chi connectivity index (χ1n) is 7.77. The molecule has 22 heavy (non-hydrogen) atoms. The van der Waals surface area contributed by atoms with Crippen LogP contribution < -0.4 is 14.7 Å². The van der Waals surface area contributed by atoms with Gasteiger partial charge in [0.2, 0.25) is 5.36 Å². The van der Waals surface area contributed by atoms with Crippen LogP contribution in [0.4, 0.5) is 0 Å². The van der Waals surface area contributed by atoms with Crippen molar-refractivity contribution in [1.82, 2.24) is 4.58 Å². The van der Waals surface area contributed by atoms with E-state index in [2.05, 4.69) is 49.6 Å². The van der Waals surface area contributed by atoms with Crippen molar-refractivity contribution >= 4 is 11.0 Å². The summed E-state index contributed by atoms with van der Waals surface area (Å²) in [5, 5.41) is 2.33. The van der Waals surface area contributed by atoms with Gasteiger partial charge in [-0.15, -0.1) is 0 Å². The third-order valence-corrected chi connectivity index (χ3v) is 4.31. The van der Waals surface area contributed by atoms with Crippen molar-refractivity contribution in [3.8, 4) is 17.1 Å². The van der Waals surface area contributed by atoms with Crippen molar-refractivity contribution in [3.05, 3.63) is 47.3 Å². The van der Waals surface area contributed by atoms with E-state index < -0.39 is 0 Å². The number of nitrogens with zero attached hydrogens (tertiary/aromatic N) is 1. The van der Waals surface area contributed by atoms with Crippen LogP contribution in [0.3, 0.4) is 0 Å². The van der Waals surface area contributed by atoms with Gasteiger partial charge in [-0.2, -0.15) is 0 Å². The second-order valence-electron chi connectivity index (χ2n) is 5.44. The van der Waals surface area contributed by atoms with Crippen LogP contribution in [0.15, 0.2) is 40.8 Å². The Hall–Kier alpha value is -2.29. The molecule has 3 heteroatoms. The monoisotopic (exact) mass is 296 g/mol. The molecule has 0 spiro atoms. The highest BCUT2D eigenvalue weighted by Gasteiger charge is 2.14. The summed E-state index contributed by atoms with van der Waals surface area (Å²) in [6.45, 7) is 8.46. The lowest BCUT2D eigenvalue weighted by molar-refractivity contribution is 0.414. The van der Waals surface area contributed by atoms with Gasteiger partial charge in [-0.1, -0.05) is 0 Å². The first-order chi connectivity index (χ1) is 10.7. The molecule has 0 aromatic heterocycles. The van der Waals surface area contributed by atoms with Crippen molar-refractivity contribution < 1.29 is 9.15 Å². The highest BCUT2D eigenvalue weighted by molar-refractivity contribution is 5.88. The summed E-state index contributed by atoms with van der Waals surface area (Å²) >= 11 is 0. The van der Waals surface area contributed by atoms with Crippen LogP contribution in [0.1, 0.15) is 19.4 Å². The smallest absolute Gasteiger partial charge is 0.203 e. The molecule has 0 amide bonds. The van der Waals surface area contributed by atoms with Gasteiger partial charge in [0.25, 0.3) is 0 Å². The van der Waals surface area contributed by atoms with Crippen molar-refractivity contribution in [2.75, 3.05) is 20.2 Å². The first kappa shape index (κ1) is 14.6. The zero-order chi connectivity index (χ0) is 15.7. The third kappa shape index (κ3) is 2.37. The van der Waals surface area contributed by atoms with Crippen LogP contribution in [0, 0.1) is 6.92 Å². The number of methoxy groups -OCH3 is 1. The predicted octanol–water partition coefficient (Wildman–Crippen LogP) is 3.67. The Bertz CT molecular complexity index is 855. The minimum Gasteiger partial charge on any atom is -0.497 e. The standard InChI is InChI=1S/C19H22NO2/c1-5-20(6-2)14-7-9-16-13(3)17-10-8-15(21-4)12-19(17)22-18(16)11-14/h7-12H,5-6H2,1-4H3/q+1. The number of hydrogen-bond donors (Lipinski definition) is 0. The van der Waals surface area contributed by atoms with Crippen LogP contribution in [0.25, 0.3) is 22.3 Å². The number of hydrogen-bond acceptors (Lipinski definition) is 2. The van der Waals surface area contributed by atoms with Crippen LogP contribution in [0.2, 0.25) is 0 Å². The number of fused-ring (bicyclic) bond motifs is 2. The number of rotatable bonds is 3. The fourth-order valence-electron chi connectivity index (χ4n) is 2.98. The van der Waals surface area contributed by atoms with Gasteiger partial charge in [-0.3, -0.25) is 0 Å². The zero-order valence-corrected chi connectivity index (χ0v) is 13.6. The molecule has 114 valence electrons. The Morgan fingerprint density at radius 2 is 1.82 bits per heavy atom. The van der Waals surface area contributed by atoms with Gasteiger partial charge in [0.1, 0.15) is 30.2 Å². The molecule has 0 N–H and O–H groups in total. The van der Waals surface area contributed by atoms with Gasteiger partial charge in [-0.25, -0.2) is 4.58 Å². The largest absolute Gasteiger partial charge is 0.497 e. The van der Waals surface area contributed by atoms with E-state index in [0.717, 1.165) is 41.1 Å². The van der Waals surface area contributed by atoms with E-state index >= 15 is 0 Å². The normalized spacial score (nSPS) is 11.1. The molecule has 0 fully saturated rings. The third-order valence-electron chi connectivity index (χ3n) is 4.31. The summed E-state index contributed by atoms with van der Waals surface area (Å²) < 4.78 is 13.8. The molecule has 1 aromatic carbocycles. The van der Waals surface area contributed by atoms with Crippen LogP contribution in [-0.4, -0.2) is 20.2 Å². The Balaban J connectivity index is 2.35. The van der Waals surface area contributed by atoms with E-state index in [1.165, 1.54) is 10.9 Å². The summed E-state index contributed by atoms with van der Waals surface area (Å²) in [5.41, 5.74) is 3.26. The SMILES string of the molecule is CC[N+](CC)=c1ccc2c(C)c3ccc(OC)cc3oc-2c1. The molecule has 0 atom stereocenters. The van der Waals surface area contributed by atoms with Crippen molar-refractivity contribution in [1.29, 1.82) is 0 Å². The van der Waals surface area contributed by atoms with Crippen LogP contribution >= 0.6 is 0 Å². The molecule has 0 bridgehead atoms. The molecule has 0 unspecified atom stereocenters. The minimum atomic E-state index is 0.815. The highest BCUT2D eigenvalue weighted by atomic mass is 16.5. The van der Waals surface area contributed by atoms with Gasteiger partial charge in [-0.05, 0) is 44.5 Å². The summed E-state index contributed by atoms with van der Waals surface area (Å²) in [4.78, 5) is 0. The second kappa shape index (κ2) is 5.84. The molecule has 0 radical (unpaired) electrons. The molecule has 1 aliphatic heterocycles. The van der Waals surface area contributed by atoms with Crippen molar-refractivity contribution in [2.24, 2.45) is 0 Å². The average molecular weight is 296 g/mol. The quantitative estimate of drug-likeness (QED) is 0.544. The van der Waals surface area contributed by atoms with Crippen molar-refractivity contribution in [2.45, 2.75) is 20.8 Å². The van der Waals surface area contributed by atoms with E-state index in [1.807, 2.05) is 12.1 Å². The van der Waals surface area contributed by atoms with Gasteiger partial charge in [0.15, 0.2) is 0 Å². The number of aryl methyl sites for hydroxylation is 1. The summed E-state index contributed by atoms with van der Waals surface area (Å²) in [5.74, 6) is 1.73. The maximum absolute atomic E-state index is 6.14. The zero-order valence-electron chi connectivity index (χ0n) is 13.6. The number of ether oxygens (including phenoxy) is 1. The maximum atomic E-state index is 6.14. The van der Waals surface area contributed by atoms with E-state index in [0.29, 0.717) is 0 Å². The molecular formula is C19H22NO2+. The Morgan fingerprint density at radius 3 is 2.50 bits per heavy atom. The lowest BCUT2D eigenvalue weighted by Crippen LogP contribution is -2.29. The topological polar surface area (TPSA) is 25.4 Å². The van der Waals surface area contributed by atoms with Gasteiger partial charge < -0.3 is 9.15 Å². The molecule has 1 heterocycles. The summed E-state index contributed by atoms with van der Waals surface area (Å²) in [6, 6.07) is 12.4. The Morgan fingerprint density at radius 1 is 1.05 bits per heavy atom. The molecule has 0 saturated heterocycles. The lowest BCUT2D eigenvalue weighted by atomic mass is 10.0. The first-order valence-corrected chi connectivity index (χ1v) is 7.77. The van der Waals surface area contributed by atoms with E-state index in [4.69, 9.17) is 9.15 Å². The molecule has 0 saturated carbocycles. The predicted molar refractivity (Wildman–Crippen MR) is 90.5 cm³/mol. The second-order valence-corrected chi connectivity index (χ2v) is 5.44. The van der Waals surface area contributed by atoms with Crippen LogP contribution in [0.5, 0.6) is 5.75 Å². The van der Waals surface area contributed by atoms with Gasteiger partial charge in [0.05, 0.1) is 13.2 Å². The minimum absolute atomic E-state index is 0.815. The summed E-state index contributed by atoms with van der Waals surface area (Å²) in [7, 11) is 1.67. The van der Waals surface area contributed by atoms with Crippen molar-refractivity contribution in [3.63, 3.8) is 0 Å². The molecule has 1 aliphatic carbocycles. The van der Waals surface area contributed by atoms with Gasteiger partial charge in [0, 0.05) is 23.1 Å². The molecule has 3 nitrogen and oxygen atoms in total. The Labute approximate surface area is 130 Å². The van der Waals surface area contributed by atoms with E-state index in [9.17, 15) is 0 Å². The maximum Gasteiger partial charge on any atom is 0.203 e. The molecular weight excluding hydrogens is 274 g/mol. The Kier molecular flexibility index (Phi) is 3.88. The van der Waals surface area contributed by atoms with E-state index in [-0.39, 0.29) is 0 Å². The highest BCUT2D eigenvalue weighted by Crippen LogP contribution is 2.33. The lowest BCUT2D eigenvalue weighted by Gasteiger charge is -2.12. The molecule has 1 aromatic rings. The van der Waals surface area contributed by atoms with E-state index in [1.54, 1.807) is 7.11 Å². The van der Waals surface area contributed by atoms with Gasteiger partial charge >= 0.3 is 0 Å². The molecule has 2 aliphatic rings. The fraction of sp³-hybridized carbons (Fsp3) is 0.316. The number of benzene rings is 2. The summed E-state index contributed by atoms with van der Waals surface area (Å²) in [6.07, 6.45) is 0.